The van der Waals surface area contributed by atoms with E-state index in [1.807, 2.05) is 13.2 Å². The lowest BCUT2D eigenvalue weighted by Gasteiger charge is -2.20. The summed E-state index contributed by atoms with van der Waals surface area (Å²) in [6.07, 6.45) is 5.63. The van der Waals surface area contributed by atoms with Gasteiger partial charge in [0.1, 0.15) is 5.82 Å². The van der Waals surface area contributed by atoms with Gasteiger partial charge in [-0.15, -0.1) is 24.0 Å². The van der Waals surface area contributed by atoms with Crippen molar-refractivity contribution < 1.29 is 0 Å². The lowest BCUT2D eigenvalue weighted by molar-refractivity contribution is 0.648. The van der Waals surface area contributed by atoms with Gasteiger partial charge in [-0.25, -0.2) is 4.98 Å². The molecule has 1 atom stereocenters. The van der Waals surface area contributed by atoms with E-state index in [2.05, 4.69) is 72.9 Å². The molecule has 0 aliphatic carbocycles. The van der Waals surface area contributed by atoms with Crippen LogP contribution in [0.5, 0.6) is 0 Å². The van der Waals surface area contributed by atoms with Crippen molar-refractivity contribution in [3.8, 4) is 0 Å². The molecule has 1 unspecified atom stereocenters. The largest absolute Gasteiger partial charge is 0.369 e. The molecule has 0 amide bonds. The average Bonchev–Trinajstić information content (AvgIpc) is 3.44. The number of hydrogen-bond acceptors (Lipinski definition) is 4. The number of pyridine rings is 1. The summed E-state index contributed by atoms with van der Waals surface area (Å²) < 4.78 is 0. The molecule has 2 aromatic rings. The van der Waals surface area contributed by atoms with Crippen molar-refractivity contribution in [3.63, 3.8) is 0 Å². The minimum Gasteiger partial charge on any atom is -0.369 e. The van der Waals surface area contributed by atoms with Crippen molar-refractivity contribution in [1.29, 1.82) is 0 Å². The first-order valence-corrected chi connectivity index (χ1v) is 10.3. The van der Waals surface area contributed by atoms with Crippen molar-refractivity contribution in [2.24, 2.45) is 4.99 Å². The van der Waals surface area contributed by atoms with Gasteiger partial charge in [-0.3, -0.25) is 4.99 Å². The van der Waals surface area contributed by atoms with Crippen molar-refractivity contribution in [3.05, 3.63) is 54.2 Å². The van der Waals surface area contributed by atoms with E-state index in [0.29, 0.717) is 6.04 Å². The quantitative estimate of drug-likeness (QED) is 0.371. The molecule has 2 aliphatic heterocycles. The van der Waals surface area contributed by atoms with Crippen LogP contribution in [0.2, 0.25) is 0 Å². The number of para-hydroxylation sites is 1. The topological polar surface area (TPSA) is 55.8 Å². The molecule has 7 heteroatoms. The molecule has 0 saturated carbocycles. The van der Waals surface area contributed by atoms with Gasteiger partial charge in [-0.05, 0) is 43.0 Å². The van der Waals surface area contributed by atoms with Crippen LogP contribution in [0.1, 0.15) is 24.8 Å². The molecule has 6 nitrogen and oxygen atoms in total. The van der Waals surface area contributed by atoms with E-state index in [4.69, 9.17) is 0 Å². The van der Waals surface area contributed by atoms with Crippen LogP contribution in [0, 0.1) is 0 Å². The Bertz CT molecular complexity index is 774. The van der Waals surface area contributed by atoms with Gasteiger partial charge in [0.25, 0.3) is 0 Å². The molecule has 2 saturated heterocycles. The van der Waals surface area contributed by atoms with Gasteiger partial charge in [0.05, 0.1) is 0 Å². The highest BCUT2D eigenvalue weighted by atomic mass is 127. The summed E-state index contributed by atoms with van der Waals surface area (Å²) in [6.45, 7) is 5.05. The molecule has 29 heavy (non-hydrogen) atoms. The minimum atomic E-state index is 0. The van der Waals surface area contributed by atoms with Crippen molar-refractivity contribution >= 4 is 41.4 Å². The van der Waals surface area contributed by atoms with Crippen LogP contribution in [0.25, 0.3) is 0 Å². The molecule has 156 valence electrons. The second-order valence-corrected chi connectivity index (χ2v) is 7.56. The van der Waals surface area contributed by atoms with E-state index in [1.165, 1.54) is 24.1 Å². The van der Waals surface area contributed by atoms with Gasteiger partial charge in [-0.1, -0.05) is 24.3 Å². The fourth-order valence-corrected chi connectivity index (χ4v) is 3.98. The summed E-state index contributed by atoms with van der Waals surface area (Å²) in [7, 11) is 1.83. The third-order valence-corrected chi connectivity index (χ3v) is 5.57. The van der Waals surface area contributed by atoms with Crippen molar-refractivity contribution in [1.82, 2.24) is 15.6 Å². The van der Waals surface area contributed by atoms with Crippen molar-refractivity contribution in [2.45, 2.75) is 31.8 Å². The number of aromatic nitrogens is 1. The number of rotatable bonds is 5. The minimum absolute atomic E-state index is 0. The Hall–Kier alpha value is -2.03. The van der Waals surface area contributed by atoms with Crippen LogP contribution in [-0.2, 0) is 6.54 Å². The van der Waals surface area contributed by atoms with Gasteiger partial charge in [0, 0.05) is 57.7 Å². The molecule has 0 bridgehead atoms. The zero-order chi connectivity index (χ0) is 19.2. The summed E-state index contributed by atoms with van der Waals surface area (Å²) in [5.41, 5.74) is 2.46. The Balaban J connectivity index is 0.00000240. The van der Waals surface area contributed by atoms with E-state index in [9.17, 15) is 0 Å². The highest BCUT2D eigenvalue weighted by Gasteiger charge is 2.23. The first kappa shape index (κ1) is 21.7. The number of nitrogens with one attached hydrogen (secondary N) is 2. The molecule has 1 aromatic heterocycles. The number of anilines is 2. The summed E-state index contributed by atoms with van der Waals surface area (Å²) in [6, 6.07) is 15.3. The third-order valence-electron chi connectivity index (χ3n) is 5.57. The Kier molecular flexibility index (Phi) is 7.97. The molecule has 2 aliphatic rings. The highest BCUT2D eigenvalue weighted by molar-refractivity contribution is 14.0. The van der Waals surface area contributed by atoms with Crippen LogP contribution < -0.4 is 20.4 Å². The second-order valence-electron chi connectivity index (χ2n) is 7.56. The summed E-state index contributed by atoms with van der Waals surface area (Å²) in [5, 5.41) is 6.98. The van der Waals surface area contributed by atoms with Crippen LogP contribution in [0.15, 0.2) is 53.7 Å². The summed E-state index contributed by atoms with van der Waals surface area (Å²) in [5.74, 6) is 1.94. The van der Waals surface area contributed by atoms with Gasteiger partial charge in [-0.2, -0.15) is 0 Å². The van der Waals surface area contributed by atoms with E-state index in [-0.39, 0.29) is 24.0 Å². The second kappa shape index (κ2) is 10.7. The first-order chi connectivity index (χ1) is 13.8. The van der Waals surface area contributed by atoms with E-state index in [1.54, 1.807) is 0 Å². The molecule has 1 aromatic carbocycles. The summed E-state index contributed by atoms with van der Waals surface area (Å²) >= 11 is 0. The molecule has 0 radical (unpaired) electrons. The molecule has 3 heterocycles. The normalized spacial score (nSPS) is 19.2. The predicted octanol–water partition coefficient (Wildman–Crippen LogP) is 3.24. The van der Waals surface area contributed by atoms with E-state index in [0.717, 1.165) is 50.9 Å². The number of halogens is 1. The number of hydrogen-bond donors (Lipinski definition) is 2. The molecular weight excluding hydrogens is 475 g/mol. The maximum Gasteiger partial charge on any atom is 0.191 e. The smallest absolute Gasteiger partial charge is 0.191 e. The van der Waals surface area contributed by atoms with Crippen LogP contribution >= 0.6 is 24.0 Å². The maximum absolute atomic E-state index is 4.63. The van der Waals surface area contributed by atoms with Crippen molar-refractivity contribution in [2.75, 3.05) is 43.0 Å². The Morgan fingerprint density at radius 3 is 2.55 bits per heavy atom. The fourth-order valence-electron chi connectivity index (χ4n) is 3.98. The van der Waals surface area contributed by atoms with Gasteiger partial charge in [0.15, 0.2) is 5.96 Å². The first-order valence-electron chi connectivity index (χ1n) is 10.3. The third kappa shape index (κ3) is 5.74. The fraction of sp³-hybridized carbons (Fsp3) is 0.455. The molecule has 4 rings (SSSR count). The predicted molar refractivity (Wildman–Crippen MR) is 131 cm³/mol. The standard InChI is InChI=1S/C22H30N6.HI/c1-23-22(26-19-11-14-28(17-19)20-7-3-2-4-8-20)25-16-18-9-10-21(24-15-18)27-12-5-6-13-27;/h2-4,7-10,15,19H,5-6,11-14,16-17H2,1H3,(H2,23,25,26);1H. The highest BCUT2D eigenvalue weighted by Crippen LogP contribution is 2.20. The Morgan fingerprint density at radius 2 is 1.86 bits per heavy atom. The number of benzene rings is 1. The average molecular weight is 506 g/mol. The molecular formula is C22H31IN6. The Labute approximate surface area is 190 Å². The SMILES string of the molecule is CN=C(NCc1ccc(N2CCCC2)nc1)NC1CCN(c2ccccc2)C1.I. The van der Waals surface area contributed by atoms with Crippen LogP contribution in [-0.4, -0.2) is 50.2 Å². The van der Waals surface area contributed by atoms with Gasteiger partial charge in [0.2, 0.25) is 0 Å². The lowest BCUT2D eigenvalue weighted by atomic mass is 10.2. The van der Waals surface area contributed by atoms with Gasteiger partial charge >= 0.3 is 0 Å². The monoisotopic (exact) mass is 506 g/mol. The lowest BCUT2D eigenvalue weighted by Crippen LogP contribution is -2.44. The molecule has 0 spiro atoms. The zero-order valence-corrected chi connectivity index (χ0v) is 19.4. The number of guanidine groups is 1. The van der Waals surface area contributed by atoms with E-state index >= 15 is 0 Å². The Morgan fingerprint density at radius 1 is 1.07 bits per heavy atom. The zero-order valence-electron chi connectivity index (χ0n) is 17.1. The van der Waals surface area contributed by atoms with E-state index < -0.39 is 0 Å². The van der Waals surface area contributed by atoms with Crippen LogP contribution in [0.4, 0.5) is 11.5 Å². The molecule has 2 N–H and O–H groups in total. The number of nitrogens with zero attached hydrogens (tertiary/aromatic N) is 4. The van der Waals surface area contributed by atoms with Gasteiger partial charge < -0.3 is 20.4 Å². The van der Waals surface area contributed by atoms with Crippen LogP contribution in [0.3, 0.4) is 0 Å². The maximum atomic E-state index is 4.63. The summed E-state index contributed by atoms with van der Waals surface area (Å²) in [4.78, 5) is 13.8. The molecule has 2 fully saturated rings. The number of aliphatic imine (C=N–C) groups is 1.